The number of aromatic nitrogens is 3. The number of hydrogen-bond donors (Lipinski definition) is 2. The second kappa shape index (κ2) is 12.2. The quantitative estimate of drug-likeness (QED) is 0.246. The number of piperazine rings is 1. The summed E-state index contributed by atoms with van der Waals surface area (Å²) < 4.78 is 21.2. The van der Waals surface area contributed by atoms with Crippen LogP contribution in [0.2, 0.25) is 0 Å². The molecule has 0 amide bonds. The van der Waals surface area contributed by atoms with E-state index in [0.29, 0.717) is 23.8 Å². The molecule has 188 valence electrons. The van der Waals surface area contributed by atoms with Gasteiger partial charge in [0.25, 0.3) is 0 Å². The van der Waals surface area contributed by atoms with Crippen LogP contribution in [0.3, 0.4) is 0 Å². The van der Waals surface area contributed by atoms with Crippen LogP contribution in [0.4, 0.5) is 10.2 Å². The first kappa shape index (κ1) is 26.0. The van der Waals surface area contributed by atoms with Crippen molar-refractivity contribution in [2.45, 2.75) is 20.8 Å². The number of halogens is 1. The van der Waals surface area contributed by atoms with Crippen LogP contribution in [-0.2, 0) is 11.8 Å². The Bertz CT molecular complexity index is 1130. The van der Waals surface area contributed by atoms with E-state index in [1.54, 1.807) is 12.2 Å². The molecule has 2 aromatic heterocycles. The Morgan fingerprint density at radius 2 is 1.97 bits per heavy atom. The smallest absolute Gasteiger partial charge is 0.181 e. The molecule has 35 heavy (non-hydrogen) atoms. The van der Waals surface area contributed by atoms with E-state index in [2.05, 4.69) is 55.1 Å². The number of hydrogen-bond acceptors (Lipinski definition) is 6. The summed E-state index contributed by atoms with van der Waals surface area (Å²) in [4.78, 5) is 13.1. The van der Waals surface area contributed by atoms with Crippen molar-refractivity contribution in [3.63, 3.8) is 0 Å². The van der Waals surface area contributed by atoms with Gasteiger partial charge in [-0.15, -0.1) is 0 Å². The monoisotopic (exact) mass is 482 g/mol. The number of H-pyrrole nitrogens is 1. The van der Waals surface area contributed by atoms with Crippen LogP contribution in [0.5, 0.6) is 0 Å². The third-order valence-electron chi connectivity index (χ3n) is 5.92. The Morgan fingerprint density at radius 3 is 2.54 bits per heavy atom. The van der Waals surface area contributed by atoms with Crippen molar-refractivity contribution in [2.75, 3.05) is 45.3 Å². The fourth-order valence-electron chi connectivity index (χ4n) is 3.76. The molecular formula is C25H35FN8O. The molecule has 0 saturated carbocycles. The summed E-state index contributed by atoms with van der Waals surface area (Å²) in [6, 6.07) is 3.96. The first-order valence-electron chi connectivity index (χ1n) is 11.5. The molecule has 0 unspecified atom stereocenters. The van der Waals surface area contributed by atoms with Gasteiger partial charge in [-0.25, -0.2) is 14.4 Å². The van der Waals surface area contributed by atoms with Crippen LogP contribution in [0.1, 0.15) is 22.6 Å². The van der Waals surface area contributed by atoms with Crippen LogP contribution in [0.15, 0.2) is 52.2 Å². The first-order valence-corrected chi connectivity index (χ1v) is 11.5. The van der Waals surface area contributed by atoms with E-state index in [1.807, 2.05) is 44.5 Å². The molecule has 10 heteroatoms. The molecule has 3 heterocycles. The highest BCUT2D eigenvalue weighted by Gasteiger charge is 2.17. The van der Waals surface area contributed by atoms with Gasteiger partial charge in [0.05, 0.1) is 0 Å². The molecule has 2 aromatic rings. The van der Waals surface area contributed by atoms with E-state index in [0.717, 1.165) is 48.8 Å². The highest BCUT2D eigenvalue weighted by Crippen LogP contribution is 2.16. The van der Waals surface area contributed by atoms with E-state index < -0.39 is 0 Å². The summed E-state index contributed by atoms with van der Waals surface area (Å²) in [5.74, 6) is 1.91. The molecule has 0 aliphatic carbocycles. The molecule has 0 atom stereocenters. The second-order valence-corrected chi connectivity index (χ2v) is 8.59. The highest BCUT2D eigenvalue weighted by atomic mass is 19.1. The van der Waals surface area contributed by atoms with Crippen LogP contribution in [-0.4, -0.2) is 77.1 Å². The van der Waals surface area contributed by atoms with Gasteiger partial charge in [-0.05, 0) is 58.3 Å². The van der Waals surface area contributed by atoms with Gasteiger partial charge in [-0.3, -0.25) is 5.10 Å². The van der Waals surface area contributed by atoms with Gasteiger partial charge in [-0.2, -0.15) is 5.10 Å². The number of likely N-dealkylation sites (N-methyl/N-ethyl adjacent to an activating group) is 1. The number of aromatic amines is 1. The van der Waals surface area contributed by atoms with Gasteiger partial charge in [0.1, 0.15) is 23.7 Å². The SMILES string of the molecule is C=N/C(=C\C(=N/COC(/C=C\c1c(C)cc(C)n1C)=C\F)N1CCN(C)CC1)Nc1cc(C)[nH]n1. The normalized spacial score (nSPS) is 16.3. The van der Waals surface area contributed by atoms with Gasteiger partial charge in [0, 0.05) is 62.5 Å². The van der Waals surface area contributed by atoms with Gasteiger partial charge < -0.3 is 24.4 Å². The zero-order valence-electron chi connectivity index (χ0n) is 21.2. The number of allylic oxidation sites excluding steroid dienone is 1. The molecule has 0 bridgehead atoms. The Kier molecular flexibility index (Phi) is 9.02. The number of nitrogens with zero attached hydrogens (tertiary/aromatic N) is 6. The number of amidine groups is 1. The van der Waals surface area contributed by atoms with Crippen molar-refractivity contribution in [3.8, 4) is 0 Å². The van der Waals surface area contributed by atoms with Crippen LogP contribution >= 0.6 is 0 Å². The summed E-state index contributed by atoms with van der Waals surface area (Å²) in [5.41, 5.74) is 4.17. The molecule has 2 N–H and O–H groups in total. The van der Waals surface area contributed by atoms with E-state index in [-0.39, 0.29) is 12.5 Å². The lowest BCUT2D eigenvalue weighted by atomic mass is 10.2. The number of rotatable bonds is 9. The van der Waals surface area contributed by atoms with Gasteiger partial charge in [0.2, 0.25) is 0 Å². The van der Waals surface area contributed by atoms with Crippen LogP contribution in [0.25, 0.3) is 6.08 Å². The molecule has 9 nitrogen and oxygen atoms in total. The summed E-state index contributed by atoms with van der Waals surface area (Å²) in [7, 11) is 4.07. The first-order chi connectivity index (χ1) is 16.8. The topological polar surface area (TPSA) is 86.1 Å². The summed E-state index contributed by atoms with van der Waals surface area (Å²) in [5, 5.41) is 10.2. The molecule has 1 aliphatic heterocycles. The number of aryl methyl sites for hydroxylation is 3. The van der Waals surface area contributed by atoms with Crippen molar-refractivity contribution in [3.05, 3.63) is 64.8 Å². The number of nitrogens with one attached hydrogen (secondary N) is 2. The number of anilines is 1. The summed E-state index contributed by atoms with van der Waals surface area (Å²) >= 11 is 0. The number of aliphatic imine (C=N–C) groups is 2. The predicted molar refractivity (Wildman–Crippen MR) is 140 cm³/mol. The minimum atomic E-state index is -0.0463. The van der Waals surface area contributed by atoms with Crippen molar-refractivity contribution >= 4 is 24.4 Å². The van der Waals surface area contributed by atoms with Crippen LogP contribution < -0.4 is 5.32 Å². The second-order valence-electron chi connectivity index (χ2n) is 8.59. The Labute approximate surface area is 206 Å². The van der Waals surface area contributed by atoms with E-state index in [9.17, 15) is 4.39 Å². The van der Waals surface area contributed by atoms with Gasteiger partial charge in [-0.1, -0.05) is 0 Å². The molecule has 1 aliphatic rings. The molecule has 0 aromatic carbocycles. The van der Waals surface area contributed by atoms with Gasteiger partial charge >= 0.3 is 0 Å². The molecule has 3 rings (SSSR count). The van der Waals surface area contributed by atoms with Crippen LogP contribution in [0, 0.1) is 20.8 Å². The Hall–Kier alpha value is -3.66. The minimum Gasteiger partial charge on any atom is -0.469 e. The lowest BCUT2D eigenvalue weighted by molar-refractivity contribution is 0.208. The van der Waals surface area contributed by atoms with E-state index >= 15 is 0 Å². The highest BCUT2D eigenvalue weighted by molar-refractivity contribution is 5.94. The summed E-state index contributed by atoms with van der Waals surface area (Å²) in [6.07, 6.45) is 5.70. The average Bonchev–Trinajstić information content (AvgIpc) is 3.36. The zero-order valence-corrected chi connectivity index (χ0v) is 21.2. The lowest BCUT2D eigenvalue weighted by Crippen LogP contribution is -2.47. The molecule has 1 saturated heterocycles. The number of ether oxygens (including phenoxy) is 1. The van der Waals surface area contributed by atoms with Gasteiger partial charge in [0.15, 0.2) is 12.5 Å². The fraction of sp³-hybridized carbons (Fsp3) is 0.400. The Balaban J connectivity index is 1.75. The van der Waals surface area contributed by atoms with Crippen molar-refractivity contribution in [1.29, 1.82) is 0 Å². The molecule has 0 radical (unpaired) electrons. The average molecular weight is 483 g/mol. The summed E-state index contributed by atoms with van der Waals surface area (Å²) in [6.45, 7) is 13.0. The van der Waals surface area contributed by atoms with E-state index in [4.69, 9.17) is 4.74 Å². The lowest BCUT2D eigenvalue weighted by Gasteiger charge is -2.33. The molecular weight excluding hydrogens is 447 g/mol. The van der Waals surface area contributed by atoms with Crippen molar-refractivity contribution < 1.29 is 9.13 Å². The largest absolute Gasteiger partial charge is 0.469 e. The van der Waals surface area contributed by atoms with Crippen molar-refractivity contribution in [2.24, 2.45) is 17.0 Å². The maximum Gasteiger partial charge on any atom is 0.181 e. The third-order valence-corrected chi connectivity index (χ3v) is 5.92. The molecule has 0 spiro atoms. The minimum absolute atomic E-state index is 0.0463. The Morgan fingerprint density at radius 1 is 1.23 bits per heavy atom. The third kappa shape index (κ3) is 7.16. The fourth-order valence-corrected chi connectivity index (χ4v) is 3.76. The zero-order chi connectivity index (χ0) is 25.4. The van der Waals surface area contributed by atoms with E-state index in [1.165, 1.54) is 0 Å². The molecule has 1 fully saturated rings. The standard InChI is InChI=1S/C25H35FN8O/c1-18-13-20(3)33(6)22(18)8-7-21(16-26)35-17-28-25(34-11-9-32(5)10-12-34)15-23(27-4)29-24-14-19(2)30-31-24/h7-8,13-16H,4,9-12,17H2,1-3,5-6H3,(H2,29,30,31)/b8-7-,21-16-,23-15+,28-25+. The maximum absolute atomic E-state index is 13.5. The van der Waals surface area contributed by atoms with Crippen molar-refractivity contribution in [1.82, 2.24) is 24.6 Å². The maximum atomic E-state index is 13.5. The predicted octanol–water partition coefficient (Wildman–Crippen LogP) is 3.77.